The van der Waals surface area contributed by atoms with Gasteiger partial charge in [0, 0.05) is 5.56 Å². The van der Waals surface area contributed by atoms with Crippen molar-refractivity contribution in [3.63, 3.8) is 0 Å². The highest BCUT2D eigenvalue weighted by Crippen LogP contribution is 2.40. The van der Waals surface area contributed by atoms with E-state index in [4.69, 9.17) is 14.7 Å². The van der Waals surface area contributed by atoms with Crippen LogP contribution in [0.4, 0.5) is 13.2 Å². The number of esters is 1. The SMILES string of the molecule is CCCCCOC(=O)c1cccc(-c2ccccc2)c1Oc1c(F)c(F)c(C#N)c(C#N)c1F. The summed E-state index contributed by atoms with van der Waals surface area (Å²) in [5.74, 6) is -7.38. The van der Waals surface area contributed by atoms with Gasteiger partial charge in [0.2, 0.25) is 11.6 Å². The highest BCUT2D eigenvalue weighted by atomic mass is 19.2. The van der Waals surface area contributed by atoms with Crippen molar-refractivity contribution >= 4 is 5.97 Å². The smallest absolute Gasteiger partial charge is 0.341 e. The molecule has 0 aliphatic carbocycles. The number of rotatable bonds is 8. The molecule has 0 bridgehead atoms. The molecule has 0 unspecified atom stereocenters. The van der Waals surface area contributed by atoms with E-state index in [1.54, 1.807) is 42.5 Å². The maximum Gasteiger partial charge on any atom is 0.341 e. The largest absolute Gasteiger partial charge is 0.462 e. The van der Waals surface area contributed by atoms with Gasteiger partial charge >= 0.3 is 5.97 Å². The van der Waals surface area contributed by atoms with Crippen LogP contribution in [0.1, 0.15) is 47.7 Å². The summed E-state index contributed by atoms with van der Waals surface area (Å²) < 4.78 is 54.9. The first-order valence-electron chi connectivity index (χ1n) is 10.5. The Balaban J connectivity index is 2.17. The van der Waals surface area contributed by atoms with E-state index < -0.39 is 40.3 Å². The summed E-state index contributed by atoms with van der Waals surface area (Å²) in [6, 6.07) is 15.6. The molecule has 34 heavy (non-hydrogen) atoms. The first-order chi connectivity index (χ1) is 16.4. The Kier molecular flexibility index (Phi) is 7.89. The molecule has 0 heterocycles. The first-order valence-corrected chi connectivity index (χ1v) is 10.5. The first kappa shape index (κ1) is 24.3. The second-order valence-electron chi connectivity index (χ2n) is 7.24. The minimum atomic E-state index is -1.79. The van der Waals surface area contributed by atoms with Gasteiger partial charge in [-0.15, -0.1) is 0 Å². The Hall–Kier alpha value is -4.30. The summed E-state index contributed by atoms with van der Waals surface area (Å²) in [5, 5.41) is 18.2. The number of para-hydroxylation sites is 1. The topological polar surface area (TPSA) is 83.1 Å². The fraction of sp³-hybridized carbons (Fsp3) is 0.192. The van der Waals surface area contributed by atoms with E-state index in [2.05, 4.69) is 0 Å². The lowest BCUT2D eigenvalue weighted by atomic mass is 10.0. The fourth-order valence-electron chi connectivity index (χ4n) is 3.29. The number of hydrogen-bond acceptors (Lipinski definition) is 5. The molecule has 3 aromatic rings. The normalized spacial score (nSPS) is 10.3. The molecule has 0 amide bonds. The van der Waals surface area contributed by atoms with E-state index >= 15 is 0 Å². The Morgan fingerprint density at radius 1 is 0.853 bits per heavy atom. The van der Waals surface area contributed by atoms with E-state index in [1.807, 2.05) is 6.92 Å². The molecule has 3 aromatic carbocycles. The van der Waals surface area contributed by atoms with Crippen LogP contribution in [0.3, 0.4) is 0 Å². The predicted octanol–water partition coefficient (Wildman–Crippen LogP) is 6.65. The molecule has 0 aromatic heterocycles. The number of hydrogen-bond donors (Lipinski definition) is 0. The fourth-order valence-corrected chi connectivity index (χ4v) is 3.29. The molecule has 0 saturated carbocycles. The summed E-state index contributed by atoms with van der Waals surface area (Å²) >= 11 is 0. The van der Waals surface area contributed by atoms with E-state index in [1.165, 1.54) is 18.2 Å². The van der Waals surface area contributed by atoms with E-state index in [9.17, 15) is 23.2 Å². The molecule has 5 nitrogen and oxygen atoms in total. The minimum Gasteiger partial charge on any atom is -0.462 e. The molecule has 8 heteroatoms. The van der Waals surface area contributed by atoms with Gasteiger partial charge in [-0.25, -0.2) is 13.6 Å². The van der Waals surface area contributed by atoms with E-state index in [0.29, 0.717) is 12.0 Å². The zero-order valence-electron chi connectivity index (χ0n) is 18.2. The third-order valence-corrected chi connectivity index (χ3v) is 5.01. The molecule has 0 radical (unpaired) electrons. The summed E-state index contributed by atoms with van der Waals surface area (Å²) in [4.78, 5) is 12.8. The van der Waals surface area contributed by atoms with Crippen molar-refractivity contribution in [2.45, 2.75) is 26.2 Å². The highest BCUT2D eigenvalue weighted by Gasteiger charge is 2.29. The molecule has 0 aliphatic heterocycles. The van der Waals surface area contributed by atoms with Crippen molar-refractivity contribution in [1.29, 1.82) is 10.5 Å². The van der Waals surface area contributed by atoms with Crippen LogP contribution >= 0.6 is 0 Å². The molecule has 0 atom stereocenters. The number of unbranched alkanes of at least 4 members (excludes halogenated alkanes) is 2. The number of nitriles is 2. The lowest BCUT2D eigenvalue weighted by molar-refractivity contribution is 0.0495. The molecule has 0 spiro atoms. The van der Waals surface area contributed by atoms with Crippen LogP contribution in [0.2, 0.25) is 0 Å². The minimum absolute atomic E-state index is 0.133. The summed E-state index contributed by atoms with van der Waals surface area (Å²) in [5.41, 5.74) is -1.38. The van der Waals surface area contributed by atoms with Gasteiger partial charge in [-0.2, -0.15) is 14.9 Å². The zero-order chi connectivity index (χ0) is 24.7. The lowest BCUT2D eigenvalue weighted by Crippen LogP contribution is -2.10. The van der Waals surface area contributed by atoms with Gasteiger partial charge < -0.3 is 9.47 Å². The van der Waals surface area contributed by atoms with Crippen LogP contribution in [-0.4, -0.2) is 12.6 Å². The Morgan fingerprint density at radius 2 is 1.53 bits per heavy atom. The number of halogens is 3. The maximum atomic E-state index is 15.0. The molecule has 0 saturated heterocycles. The molecule has 0 N–H and O–H groups in total. The monoisotopic (exact) mass is 464 g/mol. The van der Waals surface area contributed by atoms with E-state index in [0.717, 1.165) is 12.8 Å². The number of benzene rings is 3. The molecule has 172 valence electrons. The van der Waals surface area contributed by atoms with Crippen molar-refractivity contribution in [1.82, 2.24) is 0 Å². The Bertz CT molecular complexity index is 1300. The van der Waals surface area contributed by atoms with Gasteiger partial charge in [0.05, 0.1) is 6.61 Å². The Labute approximate surface area is 194 Å². The quantitative estimate of drug-likeness (QED) is 0.212. The van der Waals surface area contributed by atoms with Gasteiger partial charge in [0.25, 0.3) is 0 Å². The van der Waals surface area contributed by atoms with Crippen molar-refractivity contribution < 1.29 is 27.4 Å². The number of carbonyl (C=O) groups is 1. The standard InChI is InChI=1S/C26H19F3N2O3/c1-2-3-7-13-33-26(32)18-12-8-11-17(16-9-5-4-6-10-16)24(18)34-25-22(28)20(15-31)19(14-30)21(27)23(25)29/h4-6,8-12H,2-3,7,13H2,1H3. The van der Waals surface area contributed by atoms with Crippen molar-refractivity contribution in [3.05, 3.63) is 82.7 Å². The van der Waals surface area contributed by atoms with Gasteiger partial charge in [-0.3, -0.25) is 0 Å². The molecular formula is C26H19F3N2O3. The summed E-state index contributed by atoms with van der Waals surface area (Å²) in [7, 11) is 0. The second-order valence-corrected chi connectivity index (χ2v) is 7.24. The van der Waals surface area contributed by atoms with Gasteiger partial charge in [-0.1, -0.05) is 62.2 Å². The van der Waals surface area contributed by atoms with E-state index in [-0.39, 0.29) is 23.5 Å². The van der Waals surface area contributed by atoms with Crippen molar-refractivity contribution in [3.8, 4) is 34.8 Å². The summed E-state index contributed by atoms with van der Waals surface area (Å²) in [6.07, 6.45) is 2.39. The average Bonchev–Trinajstić information content (AvgIpc) is 2.86. The third kappa shape index (κ3) is 4.87. The van der Waals surface area contributed by atoms with Crippen molar-refractivity contribution in [2.24, 2.45) is 0 Å². The molecular weight excluding hydrogens is 445 g/mol. The number of ether oxygens (including phenoxy) is 2. The number of nitrogens with zero attached hydrogens (tertiary/aromatic N) is 2. The molecule has 3 rings (SSSR count). The average molecular weight is 464 g/mol. The highest BCUT2D eigenvalue weighted by molar-refractivity contribution is 5.96. The van der Waals surface area contributed by atoms with Crippen LogP contribution in [-0.2, 0) is 4.74 Å². The van der Waals surface area contributed by atoms with Crippen molar-refractivity contribution in [2.75, 3.05) is 6.61 Å². The van der Waals surface area contributed by atoms with Crippen LogP contribution < -0.4 is 4.74 Å². The maximum absolute atomic E-state index is 15.0. The zero-order valence-corrected chi connectivity index (χ0v) is 18.2. The van der Waals surface area contributed by atoms with Crippen LogP contribution in [0.15, 0.2) is 48.5 Å². The van der Waals surface area contributed by atoms with Gasteiger partial charge in [0.15, 0.2) is 11.6 Å². The predicted molar refractivity (Wildman–Crippen MR) is 118 cm³/mol. The third-order valence-electron chi connectivity index (χ3n) is 5.01. The van der Waals surface area contributed by atoms with Crippen LogP contribution in [0, 0.1) is 40.1 Å². The molecule has 0 aliphatic rings. The molecule has 0 fully saturated rings. The number of carbonyl (C=O) groups excluding carboxylic acids is 1. The van der Waals surface area contributed by atoms with Gasteiger partial charge in [0.1, 0.15) is 34.6 Å². The Morgan fingerprint density at radius 3 is 2.18 bits per heavy atom. The van der Waals surface area contributed by atoms with Crippen LogP contribution in [0.5, 0.6) is 11.5 Å². The van der Waals surface area contributed by atoms with Gasteiger partial charge in [-0.05, 0) is 18.1 Å². The lowest BCUT2D eigenvalue weighted by Gasteiger charge is -2.17. The second kappa shape index (κ2) is 11.0. The van der Waals surface area contributed by atoms with Crippen LogP contribution in [0.25, 0.3) is 11.1 Å². The summed E-state index contributed by atoms with van der Waals surface area (Å²) in [6.45, 7) is 2.13.